The molecule has 1 unspecified atom stereocenters. The fraction of sp³-hybridized carbons (Fsp3) is 0.143. The number of hydrogen-bond acceptors (Lipinski definition) is 3. The molecule has 0 spiro atoms. The lowest BCUT2D eigenvalue weighted by Gasteiger charge is -2.19. The van der Waals surface area contributed by atoms with Crippen molar-refractivity contribution in [2.45, 2.75) is 6.04 Å². The third-order valence-corrected chi connectivity index (χ3v) is 4.37. The molecule has 4 rings (SSSR count). The molecule has 3 aromatic carbocycles. The predicted molar refractivity (Wildman–Crippen MR) is 102 cm³/mol. The van der Waals surface area contributed by atoms with Gasteiger partial charge in [-0.3, -0.25) is 0 Å². The van der Waals surface area contributed by atoms with Crippen molar-refractivity contribution in [2.75, 3.05) is 19.0 Å². The first-order valence-electron chi connectivity index (χ1n) is 8.36. The average Bonchev–Trinajstić information content (AvgIpc) is 3.07. The van der Waals surface area contributed by atoms with Crippen molar-refractivity contribution in [3.63, 3.8) is 0 Å². The second-order valence-electron chi connectivity index (χ2n) is 6.31. The molecule has 0 aliphatic heterocycles. The molecule has 0 aliphatic carbocycles. The lowest BCUT2D eigenvalue weighted by Crippen LogP contribution is -2.16. The minimum atomic E-state index is -0.0511. The summed E-state index contributed by atoms with van der Waals surface area (Å²) in [4.78, 5) is 3.92. The van der Waals surface area contributed by atoms with E-state index in [2.05, 4.69) is 53.4 Å². The summed E-state index contributed by atoms with van der Waals surface area (Å²) in [5, 5.41) is 9.44. The van der Waals surface area contributed by atoms with Gasteiger partial charge in [0.05, 0.1) is 0 Å². The van der Waals surface area contributed by atoms with E-state index < -0.39 is 0 Å². The van der Waals surface area contributed by atoms with Crippen LogP contribution in [0, 0.1) is 0 Å². The highest BCUT2D eigenvalue weighted by Gasteiger charge is 2.19. The van der Waals surface area contributed by atoms with Crippen LogP contribution >= 0.6 is 0 Å². The van der Waals surface area contributed by atoms with Crippen LogP contribution in [0.15, 0.2) is 78.9 Å². The SMILES string of the molecule is CN(C)c1ccc(C(c2ccccc2)n2nc3ccccc3n2)cc1. The van der Waals surface area contributed by atoms with Crippen LogP contribution < -0.4 is 4.90 Å². The Morgan fingerprint density at radius 2 is 1.20 bits per heavy atom. The number of hydrogen-bond donors (Lipinski definition) is 0. The fourth-order valence-electron chi connectivity index (χ4n) is 3.04. The van der Waals surface area contributed by atoms with Crippen LogP contribution in [0.25, 0.3) is 11.0 Å². The number of aromatic nitrogens is 3. The van der Waals surface area contributed by atoms with Gasteiger partial charge in [0.25, 0.3) is 0 Å². The first kappa shape index (κ1) is 15.4. The zero-order valence-corrected chi connectivity index (χ0v) is 14.4. The van der Waals surface area contributed by atoms with Gasteiger partial charge in [-0.05, 0) is 35.4 Å². The van der Waals surface area contributed by atoms with Crippen molar-refractivity contribution in [3.8, 4) is 0 Å². The summed E-state index contributed by atoms with van der Waals surface area (Å²) in [5.41, 5.74) is 5.33. The van der Waals surface area contributed by atoms with Gasteiger partial charge in [0.2, 0.25) is 0 Å². The highest BCUT2D eigenvalue weighted by atomic mass is 15.5. The molecule has 0 aliphatic rings. The summed E-state index contributed by atoms with van der Waals surface area (Å²) >= 11 is 0. The zero-order valence-electron chi connectivity index (χ0n) is 14.4. The van der Waals surface area contributed by atoms with Crippen LogP contribution in [0.3, 0.4) is 0 Å². The van der Waals surface area contributed by atoms with Crippen LogP contribution in [0.1, 0.15) is 17.2 Å². The zero-order chi connectivity index (χ0) is 17.2. The van der Waals surface area contributed by atoms with Gasteiger partial charge in [-0.25, -0.2) is 0 Å². The van der Waals surface area contributed by atoms with Gasteiger partial charge >= 0.3 is 0 Å². The highest BCUT2D eigenvalue weighted by Crippen LogP contribution is 2.27. The van der Waals surface area contributed by atoms with Gasteiger partial charge < -0.3 is 4.90 Å². The molecule has 4 nitrogen and oxygen atoms in total. The van der Waals surface area contributed by atoms with Crippen molar-refractivity contribution < 1.29 is 0 Å². The molecular weight excluding hydrogens is 308 g/mol. The lowest BCUT2D eigenvalue weighted by atomic mass is 9.99. The summed E-state index contributed by atoms with van der Waals surface area (Å²) in [7, 11) is 4.09. The van der Waals surface area contributed by atoms with Gasteiger partial charge in [-0.2, -0.15) is 15.0 Å². The van der Waals surface area contributed by atoms with Crippen LogP contribution in [0.4, 0.5) is 5.69 Å². The molecule has 0 amide bonds. The van der Waals surface area contributed by atoms with Crippen molar-refractivity contribution >= 4 is 16.7 Å². The number of benzene rings is 3. The minimum absolute atomic E-state index is 0.0511. The molecule has 0 bridgehead atoms. The molecule has 25 heavy (non-hydrogen) atoms. The Morgan fingerprint density at radius 3 is 1.76 bits per heavy atom. The summed E-state index contributed by atoms with van der Waals surface area (Å²) in [5.74, 6) is 0. The molecule has 0 radical (unpaired) electrons. The maximum Gasteiger partial charge on any atom is 0.122 e. The van der Waals surface area contributed by atoms with E-state index in [0.29, 0.717) is 0 Å². The van der Waals surface area contributed by atoms with Crippen molar-refractivity contribution in [1.29, 1.82) is 0 Å². The van der Waals surface area contributed by atoms with Gasteiger partial charge in [0, 0.05) is 19.8 Å². The Hall–Kier alpha value is -3.14. The van der Waals surface area contributed by atoms with Crippen molar-refractivity contribution in [1.82, 2.24) is 15.0 Å². The second kappa shape index (κ2) is 6.40. The molecule has 0 saturated carbocycles. The molecular formula is C21H20N4. The highest BCUT2D eigenvalue weighted by molar-refractivity contribution is 5.73. The normalized spacial score (nSPS) is 12.2. The second-order valence-corrected chi connectivity index (χ2v) is 6.31. The van der Waals surface area contributed by atoms with Crippen LogP contribution in [0.5, 0.6) is 0 Å². The van der Waals surface area contributed by atoms with Gasteiger partial charge in [-0.1, -0.05) is 54.6 Å². The number of anilines is 1. The molecule has 1 heterocycles. The van der Waals surface area contributed by atoms with E-state index in [1.807, 2.05) is 49.2 Å². The minimum Gasteiger partial charge on any atom is -0.378 e. The molecule has 124 valence electrons. The Labute approximate surface area is 147 Å². The standard InChI is InChI=1S/C21H20N4/c1-24(2)18-14-12-17(13-15-18)21(16-8-4-3-5-9-16)25-22-19-10-6-7-11-20(19)23-25/h3-15,21H,1-2H3. The van der Waals surface area contributed by atoms with E-state index in [1.165, 1.54) is 11.3 Å². The third kappa shape index (κ3) is 2.98. The Morgan fingerprint density at radius 1 is 0.680 bits per heavy atom. The van der Waals surface area contributed by atoms with Crippen molar-refractivity contribution in [2.24, 2.45) is 0 Å². The van der Waals surface area contributed by atoms with Crippen molar-refractivity contribution in [3.05, 3.63) is 90.0 Å². The monoisotopic (exact) mass is 328 g/mol. The van der Waals surface area contributed by atoms with Crippen LogP contribution in [-0.4, -0.2) is 29.1 Å². The maximum atomic E-state index is 4.72. The summed E-state index contributed by atoms with van der Waals surface area (Å²) in [6, 6.07) is 26.9. The summed E-state index contributed by atoms with van der Waals surface area (Å²) in [6.07, 6.45) is 0. The summed E-state index contributed by atoms with van der Waals surface area (Å²) < 4.78 is 0. The molecule has 4 aromatic rings. The third-order valence-electron chi connectivity index (χ3n) is 4.37. The lowest BCUT2D eigenvalue weighted by molar-refractivity contribution is 0.526. The van der Waals surface area contributed by atoms with Gasteiger partial charge in [0.15, 0.2) is 0 Å². The van der Waals surface area contributed by atoms with Crippen LogP contribution in [0.2, 0.25) is 0 Å². The Bertz CT molecular complexity index is 939. The summed E-state index contributed by atoms with van der Waals surface area (Å²) in [6.45, 7) is 0. The molecule has 0 fully saturated rings. The molecule has 1 atom stereocenters. The van der Waals surface area contributed by atoms with Gasteiger partial charge in [0.1, 0.15) is 17.1 Å². The smallest absolute Gasteiger partial charge is 0.122 e. The number of fused-ring (bicyclic) bond motifs is 1. The largest absolute Gasteiger partial charge is 0.378 e. The quantitative estimate of drug-likeness (QED) is 0.565. The molecule has 0 N–H and O–H groups in total. The van der Waals surface area contributed by atoms with Crippen LogP contribution in [-0.2, 0) is 0 Å². The Balaban J connectivity index is 1.84. The average molecular weight is 328 g/mol. The fourth-order valence-corrected chi connectivity index (χ4v) is 3.04. The number of rotatable bonds is 4. The van der Waals surface area contributed by atoms with E-state index in [4.69, 9.17) is 10.2 Å². The molecule has 1 aromatic heterocycles. The molecule has 0 saturated heterocycles. The van der Waals surface area contributed by atoms with E-state index in [-0.39, 0.29) is 6.04 Å². The predicted octanol–water partition coefficient (Wildman–Crippen LogP) is 4.14. The van der Waals surface area contributed by atoms with E-state index in [0.717, 1.165) is 16.6 Å². The topological polar surface area (TPSA) is 34.0 Å². The van der Waals surface area contributed by atoms with E-state index >= 15 is 0 Å². The first-order chi connectivity index (χ1) is 12.2. The maximum absolute atomic E-state index is 4.72. The first-order valence-corrected chi connectivity index (χ1v) is 8.36. The van der Waals surface area contributed by atoms with E-state index in [9.17, 15) is 0 Å². The van der Waals surface area contributed by atoms with Gasteiger partial charge in [-0.15, -0.1) is 0 Å². The number of nitrogens with zero attached hydrogens (tertiary/aromatic N) is 4. The Kier molecular flexibility index (Phi) is 3.94. The van der Waals surface area contributed by atoms with E-state index in [1.54, 1.807) is 0 Å². The molecule has 4 heteroatoms.